The van der Waals surface area contributed by atoms with Crippen molar-refractivity contribution in [2.45, 2.75) is 44.8 Å². The highest BCUT2D eigenvalue weighted by Crippen LogP contribution is 2.24. The molecule has 3 rings (SSSR count). The SMILES string of the molecule is CC1CCN(C(=O)c2ccc(OCC3CCCO3)cc2)C(CN)C1.Cl. The van der Waals surface area contributed by atoms with Gasteiger partial charge in [-0.05, 0) is 55.9 Å². The molecule has 2 N–H and O–H groups in total. The lowest BCUT2D eigenvalue weighted by molar-refractivity contribution is 0.0573. The summed E-state index contributed by atoms with van der Waals surface area (Å²) >= 11 is 0. The number of piperidine rings is 1. The molecule has 25 heavy (non-hydrogen) atoms. The highest BCUT2D eigenvalue weighted by molar-refractivity contribution is 5.94. The Kier molecular flexibility index (Phi) is 7.54. The first kappa shape index (κ1) is 20.0. The summed E-state index contributed by atoms with van der Waals surface area (Å²) < 4.78 is 11.3. The molecule has 2 heterocycles. The van der Waals surface area contributed by atoms with E-state index in [0.717, 1.165) is 44.6 Å². The van der Waals surface area contributed by atoms with Gasteiger partial charge in [-0.25, -0.2) is 0 Å². The lowest BCUT2D eigenvalue weighted by atomic mass is 9.92. The molecule has 0 bridgehead atoms. The predicted octanol–water partition coefficient (Wildman–Crippen LogP) is 2.87. The lowest BCUT2D eigenvalue weighted by Gasteiger charge is -2.38. The van der Waals surface area contributed by atoms with Crippen LogP contribution in [-0.2, 0) is 4.74 Å². The Hall–Kier alpha value is -1.30. The molecule has 1 aromatic carbocycles. The van der Waals surface area contributed by atoms with Crippen LogP contribution in [-0.4, -0.2) is 49.3 Å². The number of rotatable bonds is 5. The van der Waals surface area contributed by atoms with E-state index < -0.39 is 0 Å². The fourth-order valence-electron chi connectivity index (χ4n) is 3.57. The van der Waals surface area contributed by atoms with Crippen molar-refractivity contribution < 1.29 is 14.3 Å². The molecule has 3 atom stereocenters. The Morgan fingerprint density at radius 2 is 2.08 bits per heavy atom. The van der Waals surface area contributed by atoms with Gasteiger partial charge in [-0.1, -0.05) is 6.92 Å². The van der Waals surface area contributed by atoms with Gasteiger partial charge < -0.3 is 20.1 Å². The van der Waals surface area contributed by atoms with Crippen LogP contribution in [0.2, 0.25) is 0 Å². The summed E-state index contributed by atoms with van der Waals surface area (Å²) in [4.78, 5) is 14.7. The summed E-state index contributed by atoms with van der Waals surface area (Å²) in [6.07, 6.45) is 4.41. The van der Waals surface area contributed by atoms with Gasteiger partial charge in [0, 0.05) is 31.3 Å². The first-order chi connectivity index (χ1) is 11.7. The van der Waals surface area contributed by atoms with E-state index in [2.05, 4.69) is 6.92 Å². The quantitative estimate of drug-likeness (QED) is 0.867. The number of halogens is 1. The zero-order valence-electron chi connectivity index (χ0n) is 14.9. The summed E-state index contributed by atoms with van der Waals surface area (Å²) in [5.41, 5.74) is 6.57. The van der Waals surface area contributed by atoms with E-state index in [0.29, 0.717) is 24.6 Å². The van der Waals surface area contributed by atoms with Gasteiger partial charge in [0.2, 0.25) is 0 Å². The molecule has 0 aromatic heterocycles. The van der Waals surface area contributed by atoms with Crippen LogP contribution < -0.4 is 10.5 Å². The molecule has 2 saturated heterocycles. The average Bonchev–Trinajstić information content (AvgIpc) is 3.13. The number of hydrogen-bond donors (Lipinski definition) is 1. The Labute approximate surface area is 156 Å². The zero-order chi connectivity index (χ0) is 16.9. The summed E-state index contributed by atoms with van der Waals surface area (Å²) in [6, 6.07) is 7.58. The Balaban J connectivity index is 0.00000225. The number of amides is 1. The van der Waals surface area contributed by atoms with Crippen molar-refractivity contribution >= 4 is 18.3 Å². The summed E-state index contributed by atoms with van der Waals surface area (Å²) in [6.45, 7) is 4.95. The van der Waals surface area contributed by atoms with Crippen molar-refractivity contribution in [2.75, 3.05) is 26.3 Å². The second kappa shape index (κ2) is 9.41. The lowest BCUT2D eigenvalue weighted by Crippen LogP contribution is -2.49. The van der Waals surface area contributed by atoms with Crippen LogP contribution in [0.25, 0.3) is 0 Å². The normalized spacial score (nSPS) is 26.2. The average molecular weight is 369 g/mol. The van der Waals surface area contributed by atoms with Crippen molar-refractivity contribution in [3.8, 4) is 5.75 Å². The van der Waals surface area contributed by atoms with Crippen molar-refractivity contribution in [3.63, 3.8) is 0 Å². The molecule has 0 saturated carbocycles. The molecular weight excluding hydrogens is 340 g/mol. The Bertz CT molecular complexity index is 546. The molecule has 1 aromatic rings. The van der Waals surface area contributed by atoms with Crippen molar-refractivity contribution in [2.24, 2.45) is 11.7 Å². The number of nitrogens with zero attached hydrogens (tertiary/aromatic N) is 1. The number of ether oxygens (including phenoxy) is 2. The van der Waals surface area contributed by atoms with Crippen LogP contribution in [0.5, 0.6) is 5.75 Å². The van der Waals surface area contributed by atoms with Crippen LogP contribution in [0.15, 0.2) is 24.3 Å². The largest absolute Gasteiger partial charge is 0.491 e. The minimum Gasteiger partial charge on any atom is -0.491 e. The molecule has 0 radical (unpaired) electrons. The molecule has 1 amide bonds. The molecule has 2 aliphatic rings. The summed E-state index contributed by atoms with van der Waals surface area (Å²) in [7, 11) is 0. The topological polar surface area (TPSA) is 64.8 Å². The van der Waals surface area contributed by atoms with Gasteiger partial charge in [0.05, 0.1) is 6.10 Å². The number of carbonyl (C=O) groups is 1. The summed E-state index contributed by atoms with van der Waals surface area (Å²) in [5.74, 6) is 1.49. The van der Waals surface area contributed by atoms with Gasteiger partial charge in [0.15, 0.2) is 0 Å². The van der Waals surface area contributed by atoms with E-state index in [1.54, 1.807) is 0 Å². The minimum absolute atomic E-state index is 0. The Morgan fingerprint density at radius 3 is 2.72 bits per heavy atom. The zero-order valence-corrected chi connectivity index (χ0v) is 15.7. The second-order valence-corrected chi connectivity index (χ2v) is 6.99. The third-order valence-electron chi connectivity index (χ3n) is 5.07. The molecule has 5 nitrogen and oxygen atoms in total. The van der Waals surface area contributed by atoms with E-state index in [4.69, 9.17) is 15.2 Å². The van der Waals surface area contributed by atoms with Crippen LogP contribution in [0.3, 0.4) is 0 Å². The molecular formula is C19H29ClN2O3. The van der Waals surface area contributed by atoms with E-state index in [1.807, 2.05) is 29.2 Å². The number of nitrogens with two attached hydrogens (primary N) is 1. The third-order valence-corrected chi connectivity index (χ3v) is 5.07. The van der Waals surface area contributed by atoms with Gasteiger partial charge in [0.25, 0.3) is 5.91 Å². The standard InChI is InChI=1S/C19H28N2O3.ClH/c1-14-8-9-21(16(11-14)12-20)19(22)15-4-6-17(7-5-15)24-13-18-3-2-10-23-18;/h4-7,14,16,18H,2-3,8-13,20H2,1H3;1H. The highest BCUT2D eigenvalue weighted by Gasteiger charge is 2.29. The van der Waals surface area contributed by atoms with Gasteiger partial charge in [-0.3, -0.25) is 4.79 Å². The third kappa shape index (κ3) is 5.09. The van der Waals surface area contributed by atoms with Crippen LogP contribution in [0, 0.1) is 5.92 Å². The fourth-order valence-corrected chi connectivity index (χ4v) is 3.57. The van der Waals surface area contributed by atoms with Gasteiger partial charge in [0.1, 0.15) is 12.4 Å². The minimum atomic E-state index is 0. The number of carbonyl (C=O) groups excluding carboxylic acids is 1. The number of hydrogen-bond acceptors (Lipinski definition) is 4. The first-order valence-electron chi connectivity index (χ1n) is 9.03. The Morgan fingerprint density at radius 1 is 1.32 bits per heavy atom. The van der Waals surface area contributed by atoms with Crippen molar-refractivity contribution in [3.05, 3.63) is 29.8 Å². The van der Waals surface area contributed by atoms with E-state index in [1.165, 1.54) is 0 Å². The van der Waals surface area contributed by atoms with Crippen molar-refractivity contribution in [1.29, 1.82) is 0 Å². The highest BCUT2D eigenvalue weighted by atomic mass is 35.5. The predicted molar refractivity (Wildman–Crippen MR) is 100 cm³/mol. The van der Waals surface area contributed by atoms with Crippen LogP contribution >= 0.6 is 12.4 Å². The number of likely N-dealkylation sites (tertiary alicyclic amines) is 1. The van der Waals surface area contributed by atoms with E-state index in [9.17, 15) is 4.79 Å². The van der Waals surface area contributed by atoms with Gasteiger partial charge in [-0.15, -0.1) is 12.4 Å². The number of benzene rings is 1. The smallest absolute Gasteiger partial charge is 0.254 e. The van der Waals surface area contributed by atoms with Gasteiger partial charge >= 0.3 is 0 Å². The van der Waals surface area contributed by atoms with Crippen molar-refractivity contribution in [1.82, 2.24) is 4.90 Å². The second-order valence-electron chi connectivity index (χ2n) is 6.99. The summed E-state index contributed by atoms with van der Waals surface area (Å²) in [5, 5.41) is 0. The maximum Gasteiger partial charge on any atom is 0.254 e. The van der Waals surface area contributed by atoms with E-state index >= 15 is 0 Å². The van der Waals surface area contributed by atoms with Crippen LogP contribution in [0.4, 0.5) is 0 Å². The van der Waals surface area contributed by atoms with Crippen LogP contribution in [0.1, 0.15) is 43.0 Å². The fraction of sp³-hybridized carbons (Fsp3) is 0.632. The molecule has 0 spiro atoms. The molecule has 2 aliphatic heterocycles. The first-order valence-corrected chi connectivity index (χ1v) is 9.03. The molecule has 140 valence electrons. The molecule has 6 heteroatoms. The van der Waals surface area contributed by atoms with Gasteiger partial charge in [-0.2, -0.15) is 0 Å². The maximum absolute atomic E-state index is 12.8. The molecule has 3 unspecified atom stereocenters. The maximum atomic E-state index is 12.8. The molecule has 0 aliphatic carbocycles. The molecule has 2 fully saturated rings. The van der Waals surface area contributed by atoms with E-state index in [-0.39, 0.29) is 30.5 Å². The monoisotopic (exact) mass is 368 g/mol.